The highest BCUT2D eigenvalue weighted by Gasteiger charge is 2.11. The van der Waals surface area contributed by atoms with E-state index in [0.717, 1.165) is 16.3 Å². The molecule has 3 aromatic rings. The predicted molar refractivity (Wildman–Crippen MR) is 97.3 cm³/mol. The summed E-state index contributed by atoms with van der Waals surface area (Å²) in [5.41, 5.74) is 1.87. The van der Waals surface area contributed by atoms with E-state index in [2.05, 4.69) is 11.4 Å². The van der Waals surface area contributed by atoms with Gasteiger partial charge in [0.05, 0.1) is 5.69 Å². The van der Waals surface area contributed by atoms with Crippen molar-refractivity contribution in [3.63, 3.8) is 0 Å². The topological polar surface area (TPSA) is 46.2 Å². The number of benzene rings is 3. The number of amides is 1. The minimum Gasteiger partial charge on any atom is -0.324 e. The molecule has 1 amide bonds. The third-order valence-corrected chi connectivity index (χ3v) is 4.04. The molecule has 4 heteroatoms. The Kier molecular flexibility index (Phi) is 4.89. The van der Waals surface area contributed by atoms with Crippen molar-refractivity contribution in [3.05, 3.63) is 77.6 Å². The lowest BCUT2D eigenvalue weighted by Gasteiger charge is -2.07. The summed E-state index contributed by atoms with van der Waals surface area (Å²) < 4.78 is 13.5. The summed E-state index contributed by atoms with van der Waals surface area (Å²) in [5, 5.41) is 4.56. The van der Waals surface area contributed by atoms with Crippen molar-refractivity contribution < 1.29 is 14.0 Å². The van der Waals surface area contributed by atoms with E-state index in [-0.39, 0.29) is 30.2 Å². The molecule has 0 aliphatic rings. The third kappa shape index (κ3) is 4.10. The number of anilines is 1. The zero-order chi connectivity index (χ0) is 17.8. The summed E-state index contributed by atoms with van der Waals surface area (Å²) in [4.78, 5) is 24.2. The quantitative estimate of drug-likeness (QED) is 0.675. The van der Waals surface area contributed by atoms with Crippen LogP contribution in [0, 0.1) is 12.7 Å². The predicted octanol–water partition coefficient (Wildman–Crippen LogP) is 4.89. The van der Waals surface area contributed by atoms with Crippen LogP contribution in [-0.4, -0.2) is 11.7 Å². The van der Waals surface area contributed by atoms with Crippen LogP contribution >= 0.6 is 0 Å². The van der Waals surface area contributed by atoms with Crippen molar-refractivity contribution in [1.29, 1.82) is 0 Å². The molecule has 3 nitrogen and oxygen atoms in total. The standard InChI is InChI=1S/C21H18FNO2/c1-14-6-7-16-13-17(9-8-15(16)12-14)20(24)10-11-21(25)23-19-5-3-2-4-18(19)22/h2-9,12-13H,10-11H2,1H3,(H,23,25). The second kappa shape index (κ2) is 7.26. The Balaban J connectivity index is 1.63. The summed E-state index contributed by atoms with van der Waals surface area (Å²) in [6.45, 7) is 2.02. The number of hydrogen-bond donors (Lipinski definition) is 1. The highest BCUT2D eigenvalue weighted by atomic mass is 19.1. The van der Waals surface area contributed by atoms with Gasteiger partial charge < -0.3 is 5.32 Å². The number of ketones is 1. The molecule has 0 atom stereocenters. The highest BCUT2D eigenvalue weighted by molar-refractivity contribution is 6.02. The molecule has 0 bridgehead atoms. The van der Waals surface area contributed by atoms with Crippen LogP contribution in [0.25, 0.3) is 10.8 Å². The second-order valence-electron chi connectivity index (χ2n) is 6.02. The van der Waals surface area contributed by atoms with E-state index in [0.29, 0.717) is 5.56 Å². The molecular formula is C21H18FNO2. The number of nitrogens with one attached hydrogen (secondary N) is 1. The van der Waals surface area contributed by atoms with E-state index in [4.69, 9.17) is 0 Å². The molecule has 25 heavy (non-hydrogen) atoms. The van der Waals surface area contributed by atoms with Crippen LogP contribution in [-0.2, 0) is 4.79 Å². The Morgan fingerprint density at radius 3 is 2.44 bits per heavy atom. The minimum absolute atomic E-state index is 0.0130. The number of para-hydroxylation sites is 1. The molecule has 0 aromatic heterocycles. The van der Waals surface area contributed by atoms with Crippen LogP contribution < -0.4 is 5.32 Å². The lowest BCUT2D eigenvalue weighted by Crippen LogP contribution is -2.14. The van der Waals surface area contributed by atoms with Crippen molar-refractivity contribution in [2.45, 2.75) is 19.8 Å². The molecule has 0 saturated heterocycles. The number of aryl methyl sites for hydroxylation is 1. The van der Waals surface area contributed by atoms with Crippen LogP contribution in [0.4, 0.5) is 10.1 Å². The fraction of sp³-hybridized carbons (Fsp3) is 0.143. The van der Waals surface area contributed by atoms with Gasteiger partial charge in [-0.1, -0.05) is 48.0 Å². The summed E-state index contributed by atoms with van der Waals surface area (Å²) in [5.74, 6) is -0.979. The second-order valence-corrected chi connectivity index (χ2v) is 6.02. The molecule has 0 spiro atoms. The van der Waals surface area contributed by atoms with Gasteiger partial charge in [0, 0.05) is 18.4 Å². The third-order valence-electron chi connectivity index (χ3n) is 4.04. The first-order valence-corrected chi connectivity index (χ1v) is 8.11. The molecule has 0 saturated carbocycles. The Morgan fingerprint density at radius 1 is 0.920 bits per heavy atom. The molecule has 0 aliphatic heterocycles. The van der Waals surface area contributed by atoms with Crippen molar-refractivity contribution in [1.82, 2.24) is 0 Å². The van der Waals surface area contributed by atoms with Gasteiger partial charge in [-0.15, -0.1) is 0 Å². The van der Waals surface area contributed by atoms with E-state index in [1.807, 2.05) is 31.2 Å². The SMILES string of the molecule is Cc1ccc2cc(C(=O)CCC(=O)Nc3ccccc3F)ccc2c1. The van der Waals surface area contributed by atoms with E-state index >= 15 is 0 Å². The van der Waals surface area contributed by atoms with Gasteiger partial charge in [-0.3, -0.25) is 9.59 Å². The lowest BCUT2D eigenvalue weighted by atomic mass is 10.0. The Bertz CT molecular complexity index is 950. The average molecular weight is 335 g/mol. The largest absolute Gasteiger partial charge is 0.324 e. The number of carbonyl (C=O) groups is 2. The van der Waals surface area contributed by atoms with E-state index in [1.54, 1.807) is 18.2 Å². The number of fused-ring (bicyclic) bond motifs is 1. The Hall–Kier alpha value is -3.01. The number of hydrogen-bond acceptors (Lipinski definition) is 2. The normalized spacial score (nSPS) is 10.6. The molecule has 3 aromatic carbocycles. The molecule has 0 fully saturated rings. The van der Waals surface area contributed by atoms with Gasteiger partial charge in [-0.2, -0.15) is 0 Å². The molecule has 126 valence electrons. The molecular weight excluding hydrogens is 317 g/mol. The molecule has 0 unspecified atom stereocenters. The van der Waals surface area contributed by atoms with Gasteiger partial charge in [0.15, 0.2) is 5.78 Å². The Morgan fingerprint density at radius 2 is 1.64 bits per heavy atom. The first-order valence-electron chi connectivity index (χ1n) is 8.11. The molecule has 0 radical (unpaired) electrons. The van der Waals surface area contributed by atoms with E-state index < -0.39 is 5.82 Å². The van der Waals surface area contributed by atoms with E-state index in [9.17, 15) is 14.0 Å². The van der Waals surface area contributed by atoms with Crippen LogP contribution in [0.2, 0.25) is 0 Å². The summed E-state index contributed by atoms with van der Waals surface area (Å²) >= 11 is 0. The van der Waals surface area contributed by atoms with Crippen LogP contribution in [0.1, 0.15) is 28.8 Å². The smallest absolute Gasteiger partial charge is 0.224 e. The maximum absolute atomic E-state index is 13.5. The average Bonchev–Trinajstić information content (AvgIpc) is 2.61. The molecule has 0 aliphatic carbocycles. The van der Waals surface area contributed by atoms with Crippen molar-refractivity contribution >= 4 is 28.2 Å². The van der Waals surface area contributed by atoms with Crippen molar-refractivity contribution in [2.75, 3.05) is 5.32 Å². The van der Waals surface area contributed by atoms with Gasteiger partial charge in [-0.05, 0) is 35.9 Å². The maximum atomic E-state index is 13.5. The zero-order valence-electron chi connectivity index (χ0n) is 13.9. The van der Waals surface area contributed by atoms with Gasteiger partial charge in [-0.25, -0.2) is 4.39 Å². The zero-order valence-corrected chi connectivity index (χ0v) is 13.9. The van der Waals surface area contributed by atoms with Crippen molar-refractivity contribution in [2.24, 2.45) is 0 Å². The lowest BCUT2D eigenvalue weighted by molar-refractivity contribution is -0.116. The van der Waals surface area contributed by atoms with Gasteiger partial charge >= 0.3 is 0 Å². The van der Waals surface area contributed by atoms with Gasteiger partial charge in [0.25, 0.3) is 0 Å². The number of halogens is 1. The van der Waals surface area contributed by atoms with Crippen molar-refractivity contribution in [3.8, 4) is 0 Å². The summed E-state index contributed by atoms with van der Waals surface area (Å²) in [6, 6.07) is 17.5. The fourth-order valence-corrected chi connectivity index (χ4v) is 2.69. The van der Waals surface area contributed by atoms with Crippen LogP contribution in [0.3, 0.4) is 0 Å². The monoisotopic (exact) mass is 335 g/mol. The van der Waals surface area contributed by atoms with Crippen LogP contribution in [0.15, 0.2) is 60.7 Å². The maximum Gasteiger partial charge on any atom is 0.224 e. The Labute approximate surface area is 145 Å². The minimum atomic E-state index is -0.494. The summed E-state index contributed by atoms with van der Waals surface area (Å²) in [6.07, 6.45) is 0.0940. The first-order chi connectivity index (χ1) is 12.0. The number of Topliss-reactive ketones (excluding diaryl/α,β-unsaturated/α-hetero) is 1. The highest BCUT2D eigenvalue weighted by Crippen LogP contribution is 2.19. The number of carbonyl (C=O) groups excluding carboxylic acids is 2. The number of rotatable bonds is 5. The summed E-state index contributed by atoms with van der Waals surface area (Å²) in [7, 11) is 0. The fourth-order valence-electron chi connectivity index (χ4n) is 2.69. The van der Waals surface area contributed by atoms with Gasteiger partial charge in [0.1, 0.15) is 5.82 Å². The first kappa shape index (κ1) is 16.8. The molecule has 0 heterocycles. The van der Waals surface area contributed by atoms with E-state index in [1.165, 1.54) is 12.1 Å². The molecule has 3 rings (SSSR count). The molecule has 1 N–H and O–H groups in total. The van der Waals surface area contributed by atoms with Crippen LogP contribution in [0.5, 0.6) is 0 Å². The van der Waals surface area contributed by atoms with Gasteiger partial charge in [0.2, 0.25) is 5.91 Å².